The SMILES string of the molecule is CCN1CCN(C(=O)c2nc([C@@H](C)NC(=O)c3cc4cccc(C)c4o3)oc2C)CC1. The average Bonchev–Trinajstić information content (AvgIpc) is 3.38. The first-order chi connectivity index (χ1) is 14.9. The summed E-state index contributed by atoms with van der Waals surface area (Å²) in [5, 5.41) is 3.72. The number of likely N-dealkylation sites (N-methyl/N-ethyl adjacent to an activating group) is 1. The Bertz CT molecular complexity index is 1110. The van der Waals surface area contributed by atoms with Crippen LogP contribution in [-0.2, 0) is 0 Å². The molecule has 0 unspecified atom stereocenters. The lowest BCUT2D eigenvalue weighted by Gasteiger charge is -2.33. The third kappa shape index (κ3) is 4.20. The number of hydrogen-bond donors (Lipinski definition) is 1. The molecule has 0 radical (unpaired) electrons. The van der Waals surface area contributed by atoms with E-state index in [0.29, 0.717) is 36.0 Å². The van der Waals surface area contributed by atoms with Gasteiger partial charge in [-0.15, -0.1) is 0 Å². The van der Waals surface area contributed by atoms with E-state index in [1.807, 2.05) is 25.1 Å². The number of aryl methyl sites for hydroxylation is 2. The maximum atomic E-state index is 12.9. The number of benzene rings is 1. The molecular formula is C23H28N4O4. The second-order valence-electron chi connectivity index (χ2n) is 7.98. The minimum absolute atomic E-state index is 0.130. The molecule has 1 atom stereocenters. The molecule has 8 nitrogen and oxygen atoms in total. The van der Waals surface area contributed by atoms with E-state index in [4.69, 9.17) is 8.83 Å². The summed E-state index contributed by atoms with van der Waals surface area (Å²) in [4.78, 5) is 34.1. The van der Waals surface area contributed by atoms with Gasteiger partial charge in [-0.25, -0.2) is 4.98 Å². The van der Waals surface area contributed by atoms with E-state index >= 15 is 0 Å². The Labute approximate surface area is 181 Å². The summed E-state index contributed by atoms with van der Waals surface area (Å²) >= 11 is 0. The number of piperazine rings is 1. The molecule has 1 fully saturated rings. The Hall–Kier alpha value is -3.13. The minimum atomic E-state index is -0.515. The molecule has 3 heterocycles. The number of rotatable bonds is 5. The number of fused-ring (bicyclic) bond motifs is 1. The first-order valence-corrected chi connectivity index (χ1v) is 10.7. The third-order valence-corrected chi connectivity index (χ3v) is 5.81. The molecule has 1 aliphatic rings. The molecule has 0 aliphatic carbocycles. The second kappa shape index (κ2) is 8.55. The van der Waals surface area contributed by atoms with Gasteiger partial charge in [-0.05, 0) is 38.9 Å². The highest BCUT2D eigenvalue weighted by Crippen LogP contribution is 2.24. The van der Waals surface area contributed by atoms with Gasteiger partial charge < -0.3 is 24.0 Å². The van der Waals surface area contributed by atoms with Gasteiger partial charge in [-0.3, -0.25) is 9.59 Å². The van der Waals surface area contributed by atoms with Crippen molar-refractivity contribution in [2.75, 3.05) is 32.7 Å². The zero-order chi connectivity index (χ0) is 22.1. The maximum Gasteiger partial charge on any atom is 0.287 e. The summed E-state index contributed by atoms with van der Waals surface area (Å²) in [6.45, 7) is 11.6. The van der Waals surface area contributed by atoms with Crippen molar-refractivity contribution in [2.24, 2.45) is 0 Å². The summed E-state index contributed by atoms with van der Waals surface area (Å²) in [5.74, 6) is 0.494. The molecule has 1 N–H and O–H groups in total. The second-order valence-corrected chi connectivity index (χ2v) is 7.98. The number of nitrogens with one attached hydrogen (secondary N) is 1. The number of aromatic nitrogens is 1. The zero-order valence-corrected chi connectivity index (χ0v) is 18.4. The number of oxazole rings is 1. The fourth-order valence-electron chi connectivity index (χ4n) is 3.87. The molecule has 3 aromatic rings. The standard InChI is InChI=1S/C23H28N4O4/c1-5-26-9-11-27(12-10-26)23(29)19-16(4)30-22(25-19)15(3)24-21(28)18-13-17-8-6-7-14(2)20(17)31-18/h6-8,13,15H,5,9-12H2,1-4H3,(H,24,28)/t15-/m1/s1. The summed E-state index contributed by atoms with van der Waals surface area (Å²) in [7, 11) is 0. The van der Waals surface area contributed by atoms with Crippen LogP contribution in [0.25, 0.3) is 11.0 Å². The Balaban J connectivity index is 1.45. The Morgan fingerprint density at radius 1 is 1.16 bits per heavy atom. The average molecular weight is 425 g/mol. The lowest BCUT2D eigenvalue weighted by Crippen LogP contribution is -2.48. The molecule has 1 aliphatic heterocycles. The number of nitrogens with zero attached hydrogens (tertiary/aromatic N) is 3. The minimum Gasteiger partial charge on any atom is -0.451 e. The van der Waals surface area contributed by atoms with Crippen LogP contribution >= 0.6 is 0 Å². The van der Waals surface area contributed by atoms with E-state index in [-0.39, 0.29) is 17.6 Å². The maximum absolute atomic E-state index is 12.9. The molecule has 0 saturated carbocycles. The van der Waals surface area contributed by atoms with Gasteiger partial charge in [0, 0.05) is 31.6 Å². The van der Waals surface area contributed by atoms with E-state index in [2.05, 4.69) is 22.1 Å². The zero-order valence-electron chi connectivity index (χ0n) is 18.4. The number of furan rings is 1. The van der Waals surface area contributed by atoms with E-state index < -0.39 is 6.04 Å². The van der Waals surface area contributed by atoms with Crippen molar-refractivity contribution in [3.05, 3.63) is 52.9 Å². The van der Waals surface area contributed by atoms with Crippen LogP contribution in [0.1, 0.15) is 58.1 Å². The lowest BCUT2D eigenvalue weighted by atomic mass is 10.2. The number of hydrogen-bond acceptors (Lipinski definition) is 6. The van der Waals surface area contributed by atoms with E-state index in [1.165, 1.54) is 0 Å². The normalized spacial score (nSPS) is 15.9. The largest absolute Gasteiger partial charge is 0.451 e. The molecular weight excluding hydrogens is 396 g/mol. The number of amides is 2. The third-order valence-electron chi connectivity index (χ3n) is 5.81. The highest BCUT2D eigenvalue weighted by atomic mass is 16.4. The van der Waals surface area contributed by atoms with Gasteiger partial charge >= 0.3 is 0 Å². The van der Waals surface area contributed by atoms with Gasteiger partial charge in [0.1, 0.15) is 17.4 Å². The van der Waals surface area contributed by atoms with Crippen molar-refractivity contribution in [1.29, 1.82) is 0 Å². The van der Waals surface area contributed by atoms with Crippen molar-refractivity contribution in [3.8, 4) is 0 Å². The van der Waals surface area contributed by atoms with Gasteiger partial charge in [0.15, 0.2) is 11.5 Å². The van der Waals surface area contributed by atoms with Crippen LogP contribution in [-0.4, -0.2) is 59.3 Å². The summed E-state index contributed by atoms with van der Waals surface area (Å²) in [6.07, 6.45) is 0. The predicted octanol–water partition coefficient (Wildman–Crippen LogP) is 3.31. The van der Waals surface area contributed by atoms with Gasteiger partial charge in [-0.1, -0.05) is 25.1 Å². The van der Waals surface area contributed by atoms with Crippen molar-refractivity contribution < 1.29 is 18.4 Å². The van der Waals surface area contributed by atoms with E-state index in [9.17, 15) is 9.59 Å². The molecule has 4 rings (SSSR count). The number of carbonyl (C=O) groups excluding carboxylic acids is 2. The van der Waals surface area contributed by atoms with Gasteiger partial charge in [0.2, 0.25) is 5.89 Å². The highest BCUT2D eigenvalue weighted by Gasteiger charge is 2.28. The van der Waals surface area contributed by atoms with Crippen molar-refractivity contribution in [2.45, 2.75) is 33.7 Å². The van der Waals surface area contributed by atoms with Crippen LogP contribution < -0.4 is 5.32 Å². The predicted molar refractivity (Wildman–Crippen MR) is 116 cm³/mol. The van der Waals surface area contributed by atoms with E-state index in [0.717, 1.165) is 30.6 Å². The summed E-state index contributed by atoms with van der Waals surface area (Å²) in [5.41, 5.74) is 1.97. The van der Waals surface area contributed by atoms with Crippen LogP contribution in [0.3, 0.4) is 0 Å². The lowest BCUT2D eigenvalue weighted by molar-refractivity contribution is 0.0636. The van der Waals surface area contributed by atoms with Crippen LogP contribution in [0.15, 0.2) is 33.1 Å². The molecule has 1 aromatic carbocycles. The Morgan fingerprint density at radius 2 is 1.90 bits per heavy atom. The van der Waals surface area contributed by atoms with Crippen LogP contribution in [0.2, 0.25) is 0 Å². The Kier molecular flexibility index (Phi) is 5.82. The molecule has 31 heavy (non-hydrogen) atoms. The molecule has 2 aromatic heterocycles. The molecule has 1 saturated heterocycles. The van der Waals surface area contributed by atoms with Crippen molar-refractivity contribution in [3.63, 3.8) is 0 Å². The smallest absolute Gasteiger partial charge is 0.287 e. The molecule has 0 spiro atoms. The highest BCUT2D eigenvalue weighted by molar-refractivity contribution is 5.97. The first-order valence-electron chi connectivity index (χ1n) is 10.7. The summed E-state index contributed by atoms with van der Waals surface area (Å²) < 4.78 is 11.5. The molecule has 164 valence electrons. The van der Waals surface area contributed by atoms with Crippen LogP contribution in [0.4, 0.5) is 0 Å². The quantitative estimate of drug-likeness (QED) is 0.676. The van der Waals surface area contributed by atoms with Crippen molar-refractivity contribution >= 4 is 22.8 Å². The van der Waals surface area contributed by atoms with Crippen molar-refractivity contribution in [1.82, 2.24) is 20.1 Å². The molecule has 8 heteroatoms. The molecule has 0 bridgehead atoms. The summed E-state index contributed by atoms with van der Waals surface area (Å²) in [6, 6.07) is 6.97. The topological polar surface area (TPSA) is 91.8 Å². The molecule has 2 amide bonds. The number of para-hydroxylation sites is 1. The first kappa shape index (κ1) is 21.1. The van der Waals surface area contributed by atoms with Crippen LogP contribution in [0.5, 0.6) is 0 Å². The van der Waals surface area contributed by atoms with Crippen LogP contribution in [0, 0.1) is 13.8 Å². The van der Waals surface area contributed by atoms with E-state index in [1.54, 1.807) is 24.8 Å². The fraction of sp³-hybridized carbons (Fsp3) is 0.435. The Morgan fingerprint density at radius 3 is 2.58 bits per heavy atom. The number of carbonyl (C=O) groups is 2. The monoisotopic (exact) mass is 424 g/mol. The van der Waals surface area contributed by atoms with Gasteiger partial charge in [0.05, 0.1) is 0 Å². The van der Waals surface area contributed by atoms with Gasteiger partial charge in [0.25, 0.3) is 11.8 Å². The fourth-order valence-corrected chi connectivity index (χ4v) is 3.87. The van der Waals surface area contributed by atoms with Gasteiger partial charge in [-0.2, -0.15) is 0 Å².